The maximum Gasteiger partial charge on any atom is 0.325 e. The van der Waals surface area contributed by atoms with Gasteiger partial charge in [-0.3, -0.25) is 9.59 Å². The van der Waals surface area contributed by atoms with Crippen LogP contribution in [0.25, 0.3) is 0 Å². The molecule has 9 heteroatoms. The van der Waals surface area contributed by atoms with Gasteiger partial charge in [-0.05, 0) is 38.5 Å². The third-order valence-electron chi connectivity index (χ3n) is 3.55. The van der Waals surface area contributed by atoms with E-state index < -0.39 is 27.4 Å². The predicted molar refractivity (Wildman–Crippen MR) is 102 cm³/mol. The van der Waals surface area contributed by atoms with E-state index in [1.165, 1.54) is 24.1 Å². The smallest absolute Gasteiger partial charge is 0.325 e. The van der Waals surface area contributed by atoms with Gasteiger partial charge in [0, 0.05) is 12.1 Å². The number of carbonyl (C=O) groups excluding carboxylic acids is 2. The molecule has 8 nitrogen and oxygen atoms in total. The van der Waals surface area contributed by atoms with Gasteiger partial charge in [0.1, 0.15) is 6.54 Å². The Hall–Kier alpha value is -2.65. The van der Waals surface area contributed by atoms with Gasteiger partial charge < -0.3 is 14.1 Å². The number of furan rings is 1. The minimum atomic E-state index is -3.92. The molecule has 1 N–H and O–H groups in total. The van der Waals surface area contributed by atoms with Gasteiger partial charge in [0.25, 0.3) is 15.9 Å². The zero-order valence-corrected chi connectivity index (χ0v) is 17.1. The molecule has 0 radical (unpaired) electrons. The van der Waals surface area contributed by atoms with Gasteiger partial charge in [-0.1, -0.05) is 30.3 Å². The van der Waals surface area contributed by atoms with Gasteiger partial charge >= 0.3 is 5.97 Å². The molecule has 0 aliphatic carbocycles. The number of rotatable bonds is 7. The quantitative estimate of drug-likeness (QED) is 0.704. The minimum Gasteiger partial charge on any atom is -0.468 e. The van der Waals surface area contributed by atoms with Crippen molar-refractivity contribution >= 4 is 21.9 Å². The minimum absolute atomic E-state index is 0.137. The second-order valence-electron chi connectivity index (χ2n) is 7.20. The number of nitrogens with one attached hydrogen (secondary N) is 1. The molecule has 1 amide bonds. The van der Waals surface area contributed by atoms with Crippen LogP contribution < -0.4 is 4.72 Å². The van der Waals surface area contributed by atoms with Crippen LogP contribution in [0.3, 0.4) is 0 Å². The van der Waals surface area contributed by atoms with E-state index >= 15 is 0 Å². The van der Waals surface area contributed by atoms with Gasteiger partial charge in [-0.25, -0.2) is 13.1 Å². The molecule has 0 atom stereocenters. The summed E-state index contributed by atoms with van der Waals surface area (Å²) in [5, 5.41) is -0.372. The molecule has 0 bridgehead atoms. The molecule has 1 aromatic carbocycles. The Bertz CT molecular complexity index is 929. The average Bonchev–Trinajstić information content (AvgIpc) is 3.10. The Labute approximate surface area is 164 Å². The van der Waals surface area contributed by atoms with Gasteiger partial charge in [-0.15, -0.1) is 0 Å². The summed E-state index contributed by atoms with van der Waals surface area (Å²) < 4.78 is 37.1. The standard InChI is InChI=1S/C19H24N2O6S/c1-19(2,3)20-28(24,25)17-11-10-15(27-17)18(23)21(13-16(22)26-4)12-14-8-6-5-7-9-14/h5-11,20H,12-13H2,1-4H3. The summed E-state index contributed by atoms with van der Waals surface area (Å²) in [4.78, 5) is 25.8. The second-order valence-corrected chi connectivity index (χ2v) is 8.81. The molecular formula is C19H24N2O6S. The van der Waals surface area contributed by atoms with E-state index in [0.29, 0.717) is 0 Å². The fraction of sp³-hybridized carbons (Fsp3) is 0.368. The normalized spacial score (nSPS) is 11.9. The number of ether oxygens (including phenoxy) is 1. The van der Waals surface area contributed by atoms with Crippen molar-refractivity contribution in [2.75, 3.05) is 13.7 Å². The maximum atomic E-state index is 12.8. The fourth-order valence-electron chi connectivity index (χ4n) is 2.41. The van der Waals surface area contributed by atoms with Crippen LogP contribution in [0.5, 0.6) is 0 Å². The topological polar surface area (TPSA) is 106 Å². The monoisotopic (exact) mass is 408 g/mol. The third kappa shape index (κ3) is 5.93. The first kappa shape index (κ1) is 21.6. The summed E-state index contributed by atoms with van der Waals surface area (Å²) >= 11 is 0. The number of carbonyl (C=O) groups is 2. The van der Waals surface area contributed by atoms with Crippen LogP contribution in [0.4, 0.5) is 0 Å². The Morgan fingerprint density at radius 3 is 2.32 bits per heavy atom. The van der Waals surface area contributed by atoms with Crippen LogP contribution in [0.2, 0.25) is 0 Å². The van der Waals surface area contributed by atoms with Crippen molar-refractivity contribution in [3.63, 3.8) is 0 Å². The molecule has 1 aromatic heterocycles. The Morgan fingerprint density at radius 2 is 1.75 bits per heavy atom. The molecule has 0 spiro atoms. The van der Waals surface area contributed by atoms with Crippen molar-refractivity contribution in [1.29, 1.82) is 0 Å². The predicted octanol–water partition coefficient (Wildman–Crippen LogP) is 2.17. The highest BCUT2D eigenvalue weighted by atomic mass is 32.2. The molecule has 0 unspecified atom stereocenters. The van der Waals surface area contributed by atoms with Crippen LogP contribution in [0.1, 0.15) is 36.9 Å². The first-order valence-electron chi connectivity index (χ1n) is 8.55. The molecule has 0 aliphatic rings. The SMILES string of the molecule is COC(=O)CN(Cc1ccccc1)C(=O)c1ccc(S(=O)(=O)NC(C)(C)C)o1. The summed E-state index contributed by atoms with van der Waals surface area (Å²) in [7, 11) is -2.70. The second kappa shape index (κ2) is 8.57. The van der Waals surface area contributed by atoms with Crippen molar-refractivity contribution in [1.82, 2.24) is 9.62 Å². The van der Waals surface area contributed by atoms with Gasteiger partial charge in [-0.2, -0.15) is 0 Å². The zero-order chi connectivity index (χ0) is 20.9. The largest absolute Gasteiger partial charge is 0.468 e. The van der Waals surface area contributed by atoms with E-state index in [-0.39, 0.29) is 23.9 Å². The van der Waals surface area contributed by atoms with Gasteiger partial charge in [0.15, 0.2) is 5.76 Å². The van der Waals surface area contributed by atoms with E-state index in [1.807, 2.05) is 30.3 Å². The zero-order valence-electron chi connectivity index (χ0n) is 16.3. The number of amides is 1. The van der Waals surface area contributed by atoms with E-state index in [2.05, 4.69) is 9.46 Å². The van der Waals surface area contributed by atoms with Crippen LogP contribution in [0.15, 0.2) is 52.0 Å². The average molecular weight is 408 g/mol. The summed E-state index contributed by atoms with van der Waals surface area (Å²) in [5.41, 5.74) is 0.0913. The Kier molecular flexibility index (Phi) is 6.63. The Balaban J connectivity index is 2.27. The first-order chi connectivity index (χ1) is 13.0. The van der Waals surface area contributed by atoms with Crippen molar-refractivity contribution in [2.45, 2.75) is 37.9 Å². The number of nitrogens with zero attached hydrogens (tertiary/aromatic N) is 1. The van der Waals surface area contributed by atoms with Crippen molar-refractivity contribution in [3.05, 3.63) is 53.8 Å². The number of hydrogen-bond acceptors (Lipinski definition) is 6. The third-order valence-corrected chi connectivity index (χ3v) is 5.18. The number of hydrogen-bond donors (Lipinski definition) is 1. The van der Waals surface area contributed by atoms with Crippen LogP contribution in [0, 0.1) is 0 Å². The molecular weight excluding hydrogens is 384 g/mol. The molecule has 2 aromatic rings. The van der Waals surface area contributed by atoms with Crippen molar-refractivity contribution in [2.24, 2.45) is 0 Å². The molecule has 1 heterocycles. The molecule has 0 aliphatic heterocycles. The highest BCUT2D eigenvalue weighted by molar-refractivity contribution is 7.89. The summed E-state index contributed by atoms with van der Waals surface area (Å²) in [6.45, 7) is 4.91. The molecule has 0 fully saturated rings. The van der Waals surface area contributed by atoms with E-state index in [4.69, 9.17) is 4.42 Å². The number of benzene rings is 1. The lowest BCUT2D eigenvalue weighted by molar-refractivity contribution is -0.141. The lowest BCUT2D eigenvalue weighted by atomic mass is 10.1. The number of sulfonamides is 1. The lowest BCUT2D eigenvalue weighted by Crippen LogP contribution is -2.40. The highest BCUT2D eigenvalue weighted by Crippen LogP contribution is 2.19. The highest BCUT2D eigenvalue weighted by Gasteiger charge is 2.28. The molecule has 0 saturated carbocycles. The molecule has 2 rings (SSSR count). The molecule has 28 heavy (non-hydrogen) atoms. The van der Waals surface area contributed by atoms with Gasteiger partial charge in [0.05, 0.1) is 7.11 Å². The first-order valence-corrected chi connectivity index (χ1v) is 10.0. The number of methoxy groups -OCH3 is 1. The van der Waals surface area contributed by atoms with Crippen LogP contribution in [-0.4, -0.2) is 44.4 Å². The summed E-state index contributed by atoms with van der Waals surface area (Å²) in [6.07, 6.45) is 0. The molecule has 152 valence electrons. The summed E-state index contributed by atoms with van der Waals surface area (Å²) in [5.74, 6) is -1.40. The summed E-state index contributed by atoms with van der Waals surface area (Å²) in [6, 6.07) is 11.6. The molecule has 0 saturated heterocycles. The van der Waals surface area contributed by atoms with Crippen LogP contribution in [-0.2, 0) is 26.1 Å². The van der Waals surface area contributed by atoms with E-state index in [9.17, 15) is 18.0 Å². The Morgan fingerprint density at radius 1 is 1.11 bits per heavy atom. The van der Waals surface area contributed by atoms with Crippen molar-refractivity contribution in [3.8, 4) is 0 Å². The maximum absolute atomic E-state index is 12.8. The fourth-order valence-corrected chi connectivity index (χ4v) is 3.77. The van der Waals surface area contributed by atoms with Gasteiger partial charge in [0.2, 0.25) is 5.09 Å². The lowest BCUT2D eigenvalue weighted by Gasteiger charge is -2.20. The van der Waals surface area contributed by atoms with Crippen molar-refractivity contribution < 1.29 is 27.2 Å². The van der Waals surface area contributed by atoms with Crippen LogP contribution >= 0.6 is 0 Å². The van der Waals surface area contributed by atoms with E-state index in [0.717, 1.165) is 5.56 Å². The number of esters is 1. The van der Waals surface area contributed by atoms with E-state index in [1.54, 1.807) is 20.8 Å².